The highest BCUT2D eigenvalue weighted by atomic mass is 16.6. The minimum atomic E-state index is -0.803. The van der Waals surface area contributed by atoms with Crippen molar-refractivity contribution in [3.05, 3.63) is 122 Å². The van der Waals surface area contributed by atoms with Crippen molar-refractivity contribution in [2.75, 3.05) is 13.2 Å². The standard InChI is InChI=1S/C65H106O6/c1-4-7-10-13-16-19-22-24-26-28-30-32-34-36-38-40-43-46-49-52-55-58-64(67)70-61-62(60-69-63(66)57-54-51-48-45-42-21-18-15-12-9-6-3)71-65(68)59-56-53-50-47-44-41-39-37-35-33-31-29-27-25-23-20-17-14-11-8-5-2/h7-8,10-11,16-17,19-20,24-27,30-33,36,38,43,46,62H,4-6,9,12-15,18,21-23,28-29,34-35,37,39-42,44-45,47-61H2,1-3H3/b10-7-,11-8-,19-16-,20-17-,26-24-,27-25-,32-30-,33-31-,38-36-,46-43-. The van der Waals surface area contributed by atoms with Crippen molar-refractivity contribution < 1.29 is 28.6 Å². The van der Waals surface area contributed by atoms with Crippen LogP contribution in [0.1, 0.15) is 252 Å². The molecule has 6 nitrogen and oxygen atoms in total. The van der Waals surface area contributed by atoms with Crippen LogP contribution in [0.3, 0.4) is 0 Å². The molecule has 0 N–H and O–H groups in total. The lowest BCUT2D eigenvalue weighted by molar-refractivity contribution is -0.167. The van der Waals surface area contributed by atoms with Gasteiger partial charge < -0.3 is 14.2 Å². The average Bonchev–Trinajstić information content (AvgIpc) is 3.37. The minimum absolute atomic E-state index is 0.0964. The molecule has 0 radical (unpaired) electrons. The Hall–Kier alpha value is -4.19. The second-order valence-electron chi connectivity index (χ2n) is 18.8. The quantitative estimate of drug-likeness (QED) is 0.0261. The highest BCUT2D eigenvalue weighted by molar-refractivity contribution is 5.71. The summed E-state index contributed by atoms with van der Waals surface area (Å²) < 4.78 is 16.8. The van der Waals surface area contributed by atoms with Crippen LogP contribution < -0.4 is 0 Å². The van der Waals surface area contributed by atoms with Crippen LogP contribution in [-0.2, 0) is 28.6 Å². The van der Waals surface area contributed by atoms with Crippen LogP contribution in [0, 0.1) is 0 Å². The van der Waals surface area contributed by atoms with E-state index in [-0.39, 0.29) is 31.1 Å². The van der Waals surface area contributed by atoms with Crippen LogP contribution in [0.5, 0.6) is 0 Å². The largest absolute Gasteiger partial charge is 0.462 e. The van der Waals surface area contributed by atoms with E-state index in [9.17, 15) is 14.4 Å². The topological polar surface area (TPSA) is 78.9 Å². The highest BCUT2D eigenvalue weighted by Gasteiger charge is 2.19. The molecule has 0 rings (SSSR count). The third-order valence-electron chi connectivity index (χ3n) is 12.0. The van der Waals surface area contributed by atoms with Crippen molar-refractivity contribution in [2.24, 2.45) is 0 Å². The Labute approximate surface area is 437 Å². The van der Waals surface area contributed by atoms with E-state index in [4.69, 9.17) is 14.2 Å². The number of rotatable bonds is 51. The molecule has 0 aliphatic carbocycles. The summed E-state index contributed by atoms with van der Waals surface area (Å²) in [6.45, 7) is 6.36. The summed E-state index contributed by atoms with van der Waals surface area (Å²) in [5.41, 5.74) is 0. The van der Waals surface area contributed by atoms with Crippen LogP contribution in [0.15, 0.2) is 122 Å². The van der Waals surface area contributed by atoms with Crippen molar-refractivity contribution in [3.63, 3.8) is 0 Å². The van der Waals surface area contributed by atoms with Crippen LogP contribution in [-0.4, -0.2) is 37.2 Å². The lowest BCUT2D eigenvalue weighted by atomic mass is 10.1. The molecule has 0 saturated carbocycles. The van der Waals surface area contributed by atoms with Crippen molar-refractivity contribution in [3.8, 4) is 0 Å². The third-order valence-corrected chi connectivity index (χ3v) is 12.0. The smallest absolute Gasteiger partial charge is 0.306 e. The lowest BCUT2D eigenvalue weighted by Gasteiger charge is -2.18. The van der Waals surface area contributed by atoms with Gasteiger partial charge in [-0.15, -0.1) is 0 Å². The van der Waals surface area contributed by atoms with Crippen molar-refractivity contribution >= 4 is 17.9 Å². The van der Waals surface area contributed by atoms with Crippen LogP contribution in [0.25, 0.3) is 0 Å². The lowest BCUT2D eigenvalue weighted by Crippen LogP contribution is -2.30. The van der Waals surface area contributed by atoms with E-state index in [0.29, 0.717) is 19.3 Å². The monoisotopic (exact) mass is 983 g/mol. The molecule has 1 atom stereocenters. The number of ether oxygens (including phenoxy) is 3. The first kappa shape index (κ1) is 66.8. The molecule has 0 aliphatic rings. The molecular weight excluding hydrogens is 877 g/mol. The fourth-order valence-electron chi connectivity index (χ4n) is 7.67. The van der Waals surface area contributed by atoms with E-state index in [0.717, 1.165) is 128 Å². The predicted molar refractivity (Wildman–Crippen MR) is 306 cm³/mol. The van der Waals surface area contributed by atoms with Crippen molar-refractivity contribution in [1.82, 2.24) is 0 Å². The van der Waals surface area contributed by atoms with Crippen molar-refractivity contribution in [1.29, 1.82) is 0 Å². The number of carbonyl (C=O) groups is 3. The summed E-state index contributed by atoms with van der Waals surface area (Å²) in [7, 11) is 0. The predicted octanol–water partition coefficient (Wildman–Crippen LogP) is 19.6. The van der Waals surface area contributed by atoms with Gasteiger partial charge in [-0.05, 0) is 109 Å². The maximum atomic E-state index is 12.9. The Morgan fingerprint density at radius 2 is 0.549 bits per heavy atom. The zero-order valence-electron chi connectivity index (χ0n) is 45.9. The Bertz CT molecular complexity index is 1500. The summed E-state index contributed by atoms with van der Waals surface area (Å²) in [5.74, 6) is -0.951. The molecule has 0 aromatic carbocycles. The van der Waals surface area contributed by atoms with Crippen LogP contribution in [0.4, 0.5) is 0 Å². The molecule has 6 heteroatoms. The molecule has 0 aromatic heterocycles. The van der Waals surface area contributed by atoms with E-state index in [1.165, 1.54) is 83.5 Å². The number of carbonyl (C=O) groups excluding carboxylic acids is 3. The van der Waals surface area contributed by atoms with Gasteiger partial charge in [0, 0.05) is 19.3 Å². The Morgan fingerprint density at radius 3 is 0.887 bits per heavy atom. The Kier molecular flexibility index (Phi) is 54.9. The first-order valence-electron chi connectivity index (χ1n) is 29.0. The van der Waals surface area contributed by atoms with E-state index in [1.807, 2.05) is 0 Å². The highest BCUT2D eigenvalue weighted by Crippen LogP contribution is 2.15. The van der Waals surface area contributed by atoms with E-state index >= 15 is 0 Å². The van der Waals surface area contributed by atoms with Gasteiger partial charge in [0.25, 0.3) is 0 Å². The summed E-state index contributed by atoms with van der Waals surface area (Å²) >= 11 is 0. The summed E-state index contributed by atoms with van der Waals surface area (Å²) in [6.07, 6.45) is 80.5. The van der Waals surface area contributed by atoms with Gasteiger partial charge in [0.1, 0.15) is 13.2 Å². The molecule has 0 amide bonds. The molecule has 0 fully saturated rings. The number of hydrogen-bond acceptors (Lipinski definition) is 6. The van der Waals surface area contributed by atoms with Gasteiger partial charge in [0.2, 0.25) is 0 Å². The van der Waals surface area contributed by atoms with Crippen LogP contribution in [0.2, 0.25) is 0 Å². The molecular formula is C65H106O6. The van der Waals surface area contributed by atoms with Gasteiger partial charge in [-0.3, -0.25) is 14.4 Å². The van der Waals surface area contributed by atoms with E-state index in [2.05, 4.69) is 142 Å². The third kappa shape index (κ3) is 56.6. The zero-order chi connectivity index (χ0) is 51.4. The summed E-state index contributed by atoms with van der Waals surface area (Å²) in [5, 5.41) is 0. The fraction of sp³-hybridized carbons (Fsp3) is 0.646. The maximum absolute atomic E-state index is 12.9. The number of hydrogen-bond donors (Lipinski definition) is 0. The molecule has 71 heavy (non-hydrogen) atoms. The van der Waals surface area contributed by atoms with E-state index in [1.54, 1.807) is 0 Å². The van der Waals surface area contributed by atoms with Gasteiger partial charge in [0.05, 0.1) is 0 Å². The molecule has 0 spiro atoms. The van der Waals surface area contributed by atoms with Gasteiger partial charge in [-0.2, -0.15) is 0 Å². The average molecular weight is 984 g/mol. The molecule has 0 saturated heterocycles. The van der Waals surface area contributed by atoms with Gasteiger partial charge in [-0.25, -0.2) is 0 Å². The number of allylic oxidation sites excluding steroid dienone is 20. The number of unbranched alkanes of at least 4 members (excludes halogenated alkanes) is 20. The molecule has 0 aliphatic heterocycles. The molecule has 0 heterocycles. The first-order chi connectivity index (χ1) is 35.0. The summed E-state index contributed by atoms with van der Waals surface area (Å²) in [4.78, 5) is 38.1. The SMILES string of the molecule is CC/C=C\C/C=C\C/C=C\C/C=C\C/C=C\C/C=C\CCCCC(=O)OCC(COC(=O)CCCCCCCCCCCCC)OC(=O)CCCCCCCCCC/C=C\C/C=C\C/C=C\C/C=C\CC. The van der Waals surface area contributed by atoms with Gasteiger partial charge in [0.15, 0.2) is 6.10 Å². The van der Waals surface area contributed by atoms with Crippen LogP contribution >= 0.6 is 0 Å². The normalized spacial score (nSPS) is 13.0. The van der Waals surface area contributed by atoms with Crippen molar-refractivity contribution in [2.45, 2.75) is 258 Å². The van der Waals surface area contributed by atoms with E-state index < -0.39 is 6.10 Å². The first-order valence-corrected chi connectivity index (χ1v) is 29.0. The second-order valence-corrected chi connectivity index (χ2v) is 18.8. The number of esters is 3. The minimum Gasteiger partial charge on any atom is -0.462 e. The maximum Gasteiger partial charge on any atom is 0.306 e. The van der Waals surface area contributed by atoms with Gasteiger partial charge in [-0.1, -0.05) is 245 Å². The zero-order valence-corrected chi connectivity index (χ0v) is 45.9. The molecule has 1 unspecified atom stereocenters. The molecule has 0 bridgehead atoms. The molecule has 402 valence electrons. The second kappa shape index (κ2) is 58.4. The Balaban J connectivity index is 4.44. The Morgan fingerprint density at radius 1 is 0.296 bits per heavy atom. The summed E-state index contributed by atoms with van der Waals surface area (Å²) in [6, 6.07) is 0. The van der Waals surface area contributed by atoms with Gasteiger partial charge >= 0.3 is 17.9 Å². The fourth-order valence-corrected chi connectivity index (χ4v) is 7.67. The molecule has 0 aromatic rings.